The molecule has 1 aromatic rings. The molecule has 4 heteroatoms. The van der Waals surface area contributed by atoms with Gasteiger partial charge in [-0.25, -0.2) is 0 Å². The molecule has 0 saturated carbocycles. The molecule has 0 saturated heterocycles. The van der Waals surface area contributed by atoms with Crippen LogP contribution in [-0.2, 0) is 22.4 Å². The molecule has 1 unspecified atom stereocenters. The predicted molar refractivity (Wildman–Crippen MR) is 68.4 cm³/mol. The normalized spacial score (nSPS) is 16.1. The van der Waals surface area contributed by atoms with E-state index in [1.807, 2.05) is 12.1 Å². The van der Waals surface area contributed by atoms with Crippen LogP contribution in [0.25, 0.3) is 0 Å². The van der Waals surface area contributed by atoms with E-state index in [-0.39, 0.29) is 5.91 Å². The zero-order valence-corrected chi connectivity index (χ0v) is 10.6. The van der Waals surface area contributed by atoms with E-state index in [1.54, 1.807) is 0 Å². The maximum absolute atomic E-state index is 11.7. The van der Waals surface area contributed by atoms with Crippen molar-refractivity contribution in [1.82, 2.24) is 0 Å². The van der Waals surface area contributed by atoms with Gasteiger partial charge in [-0.1, -0.05) is 23.7 Å². The zero-order valence-electron chi connectivity index (χ0n) is 9.83. The highest BCUT2D eigenvalue weighted by molar-refractivity contribution is 6.31. The third-order valence-corrected chi connectivity index (χ3v) is 3.44. The van der Waals surface area contributed by atoms with Crippen LogP contribution in [0.4, 0.5) is 5.69 Å². The highest BCUT2D eigenvalue weighted by atomic mass is 35.5. The van der Waals surface area contributed by atoms with E-state index in [2.05, 4.69) is 11.4 Å². The van der Waals surface area contributed by atoms with Crippen molar-refractivity contribution in [3.05, 3.63) is 29.3 Å². The summed E-state index contributed by atoms with van der Waals surface area (Å²) in [5, 5.41) is 2.82. The average molecular weight is 254 g/mol. The number of nitrogens with one attached hydrogen (secondary N) is 1. The molecule has 0 aliphatic heterocycles. The molecule has 1 aliphatic carbocycles. The Bertz CT molecular complexity index is 420. The first kappa shape index (κ1) is 12.4. The van der Waals surface area contributed by atoms with Crippen molar-refractivity contribution in [1.29, 1.82) is 0 Å². The molecule has 0 radical (unpaired) electrons. The van der Waals surface area contributed by atoms with Crippen LogP contribution in [0.3, 0.4) is 0 Å². The van der Waals surface area contributed by atoms with Gasteiger partial charge in [-0.2, -0.15) is 0 Å². The summed E-state index contributed by atoms with van der Waals surface area (Å²) in [5.41, 5.74) is 2.51. The molecular weight excluding hydrogens is 238 g/mol. The molecule has 0 fully saturated rings. The second-order valence-electron chi connectivity index (χ2n) is 4.19. The number of aryl methyl sites for hydroxylation is 1. The number of methoxy groups -OCH3 is 1. The van der Waals surface area contributed by atoms with E-state index in [1.165, 1.54) is 31.1 Å². The quantitative estimate of drug-likeness (QED) is 0.842. The minimum absolute atomic E-state index is 0.312. The Kier molecular flexibility index (Phi) is 4.02. The summed E-state index contributed by atoms with van der Waals surface area (Å²) in [6.45, 7) is 0. The number of ether oxygens (including phenoxy) is 1. The molecule has 2 rings (SSSR count). The van der Waals surface area contributed by atoms with Crippen molar-refractivity contribution in [3.63, 3.8) is 0 Å². The topological polar surface area (TPSA) is 38.3 Å². The summed E-state index contributed by atoms with van der Waals surface area (Å²) >= 11 is 5.71. The fraction of sp³-hybridized carbons (Fsp3) is 0.462. The van der Waals surface area contributed by atoms with Gasteiger partial charge < -0.3 is 10.1 Å². The number of alkyl halides is 1. The minimum atomic E-state index is -0.936. The fourth-order valence-corrected chi connectivity index (χ4v) is 2.25. The van der Waals surface area contributed by atoms with Crippen LogP contribution in [0.5, 0.6) is 0 Å². The van der Waals surface area contributed by atoms with Crippen LogP contribution >= 0.6 is 11.6 Å². The van der Waals surface area contributed by atoms with Crippen LogP contribution in [0.15, 0.2) is 18.2 Å². The molecule has 1 N–H and O–H groups in total. The molecule has 0 aromatic heterocycles. The van der Waals surface area contributed by atoms with Gasteiger partial charge >= 0.3 is 0 Å². The van der Waals surface area contributed by atoms with Gasteiger partial charge in [0.05, 0.1) is 0 Å². The first-order valence-corrected chi connectivity index (χ1v) is 6.24. The molecule has 1 aliphatic rings. The van der Waals surface area contributed by atoms with Crippen molar-refractivity contribution in [2.75, 3.05) is 12.4 Å². The number of halogens is 1. The number of hydrogen-bond acceptors (Lipinski definition) is 2. The van der Waals surface area contributed by atoms with Crippen LogP contribution in [-0.4, -0.2) is 18.6 Å². The van der Waals surface area contributed by atoms with Crippen LogP contribution in [0.1, 0.15) is 24.0 Å². The maximum Gasteiger partial charge on any atom is 0.269 e. The van der Waals surface area contributed by atoms with Gasteiger partial charge in [-0.3, -0.25) is 4.79 Å². The standard InChI is InChI=1S/C13H16ClNO2/c1-17-12(14)13(16)15-11-8-4-6-9-5-2-3-7-10(9)11/h4,6,8,12H,2-3,5,7H2,1H3,(H,15,16). The van der Waals surface area contributed by atoms with E-state index in [0.717, 1.165) is 18.5 Å². The molecule has 0 spiro atoms. The average Bonchev–Trinajstić information content (AvgIpc) is 2.38. The van der Waals surface area contributed by atoms with Crippen LogP contribution in [0, 0.1) is 0 Å². The van der Waals surface area contributed by atoms with Crippen LogP contribution < -0.4 is 5.32 Å². The maximum atomic E-state index is 11.7. The molecule has 3 nitrogen and oxygen atoms in total. The first-order chi connectivity index (χ1) is 8.22. The minimum Gasteiger partial charge on any atom is -0.357 e. The zero-order chi connectivity index (χ0) is 12.3. The Balaban J connectivity index is 2.18. The Hall–Kier alpha value is -1.06. The molecule has 0 heterocycles. The molecule has 1 amide bonds. The Labute approximate surface area is 106 Å². The fourth-order valence-electron chi connectivity index (χ4n) is 2.19. The van der Waals surface area contributed by atoms with Crippen molar-refractivity contribution in [2.45, 2.75) is 31.2 Å². The monoisotopic (exact) mass is 253 g/mol. The number of benzene rings is 1. The van der Waals surface area contributed by atoms with Crippen molar-refractivity contribution < 1.29 is 9.53 Å². The van der Waals surface area contributed by atoms with E-state index in [4.69, 9.17) is 16.3 Å². The third-order valence-electron chi connectivity index (χ3n) is 3.07. The summed E-state index contributed by atoms with van der Waals surface area (Å²) in [6.07, 6.45) is 4.51. The van der Waals surface area contributed by atoms with Crippen LogP contribution in [0.2, 0.25) is 0 Å². The molecule has 92 valence electrons. The van der Waals surface area contributed by atoms with Gasteiger partial charge in [0.1, 0.15) is 0 Å². The smallest absolute Gasteiger partial charge is 0.269 e. The SMILES string of the molecule is COC(Cl)C(=O)Nc1cccc2c1CCCC2. The lowest BCUT2D eigenvalue weighted by molar-refractivity contribution is -0.121. The second-order valence-corrected chi connectivity index (χ2v) is 4.59. The predicted octanol–water partition coefficient (Wildman–Crippen LogP) is 2.72. The lowest BCUT2D eigenvalue weighted by Crippen LogP contribution is -2.25. The third kappa shape index (κ3) is 2.79. The molecule has 17 heavy (non-hydrogen) atoms. The number of anilines is 1. The number of amides is 1. The van der Waals surface area contributed by atoms with Gasteiger partial charge in [0.2, 0.25) is 5.56 Å². The summed E-state index contributed by atoms with van der Waals surface area (Å²) in [7, 11) is 1.41. The number of rotatable bonds is 3. The second kappa shape index (κ2) is 5.52. The van der Waals surface area contributed by atoms with E-state index < -0.39 is 5.56 Å². The van der Waals surface area contributed by atoms with Gasteiger partial charge in [0, 0.05) is 12.8 Å². The summed E-state index contributed by atoms with van der Waals surface area (Å²) in [5.74, 6) is -0.312. The lowest BCUT2D eigenvalue weighted by Gasteiger charge is -2.20. The highest BCUT2D eigenvalue weighted by Gasteiger charge is 2.18. The van der Waals surface area contributed by atoms with Gasteiger partial charge in [0.15, 0.2) is 0 Å². The van der Waals surface area contributed by atoms with E-state index in [9.17, 15) is 4.79 Å². The number of carbonyl (C=O) groups is 1. The van der Waals surface area contributed by atoms with Gasteiger partial charge in [-0.05, 0) is 42.9 Å². The highest BCUT2D eigenvalue weighted by Crippen LogP contribution is 2.28. The number of carbonyl (C=O) groups excluding carboxylic acids is 1. The first-order valence-electron chi connectivity index (χ1n) is 5.81. The van der Waals surface area contributed by atoms with Gasteiger partial charge in [-0.15, -0.1) is 0 Å². The molecule has 0 bridgehead atoms. The Morgan fingerprint density at radius 3 is 2.94 bits per heavy atom. The summed E-state index contributed by atoms with van der Waals surface area (Å²) < 4.78 is 4.78. The summed E-state index contributed by atoms with van der Waals surface area (Å²) in [6, 6.07) is 6.01. The number of hydrogen-bond donors (Lipinski definition) is 1. The van der Waals surface area contributed by atoms with Crippen molar-refractivity contribution >= 4 is 23.2 Å². The van der Waals surface area contributed by atoms with E-state index in [0.29, 0.717) is 0 Å². The van der Waals surface area contributed by atoms with Crippen molar-refractivity contribution in [2.24, 2.45) is 0 Å². The summed E-state index contributed by atoms with van der Waals surface area (Å²) in [4.78, 5) is 11.7. The Morgan fingerprint density at radius 2 is 2.18 bits per heavy atom. The molecule has 1 aromatic carbocycles. The van der Waals surface area contributed by atoms with E-state index >= 15 is 0 Å². The lowest BCUT2D eigenvalue weighted by atomic mass is 9.90. The molecule has 1 atom stereocenters. The van der Waals surface area contributed by atoms with Gasteiger partial charge in [0.25, 0.3) is 5.91 Å². The largest absolute Gasteiger partial charge is 0.357 e. The Morgan fingerprint density at radius 1 is 1.41 bits per heavy atom. The van der Waals surface area contributed by atoms with Crippen molar-refractivity contribution in [3.8, 4) is 0 Å². The molecular formula is C13H16ClNO2. The number of fused-ring (bicyclic) bond motifs is 1.